The van der Waals surface area contributed by atoms with Crippen LogP contribution in [-0.4, -0.2) is 24.9 Å². The maximum atomic E-state index is 11.1. The van der Waals surface area contributed by atoms with Crippen molar-refractivity contribution in [3.8, 4) is 0 Å². The van der Waals surface area contributed by atoms with Gasteiger partial charge in [0.2, 0.25) is 0 Å². The third kappa shape index (κ3) is 6.32. The third-order valence-electron chi connectivity index (χ3n) is 2.52. The molecule has 0 saturated carbocycles. The van der Waals surface area contributed by atoms with Gasteiger partial charge in [0.1, 0.15) is 0 Å². The average Bonchev–Trinajstić information content (AvgIpc) is 2.37. The minimum Gasteiger partial charge on any atom is -0.469 e. The number of ether oxygens (including phenoxy) is 1. The number of rotatable bonds is 7. The lowest BCUT2D eigenvalue weighted by molar-refractivity contribution is -0.140. The Morgan fingerprint density at radius 2 is 2.21 bits per heavy atom. The summed E-state index contributed by atoms with van der Waals surface area (Å²) in [6.45, 7) is 5.02. The number of carbonyl (C=O) groups is 1. The Bertz CT molecular complexity index is 424. The number of hydrogen-bond donors (Lipinski definition) is 1. The number of thioether (sulfide) groups is 1. The van der Waals surface area contributed by atoms with Crippen molar-refractivity contribution in [1.82, 2.24) is 5.32 Å². The summed E-state index contributed by atoms with van der Waals surface area (Å²) in [5.41, 5.74) is 1.20. The molecule has 1 aromatic rings. The maximum absolute atomic E-state index is 11.1. The van der Waals surface area contributed by atoms with E-state index < -0.39 is 0 Å². The molecule has 1 aromatic carbocycles. The molecule has 0 fully saturated rings. The zero-order valence-electron chi connectivity index (χ0n) is 11.5. The molecule has 0 unspecified atom stereocenters. The van der Waals surface area contributed by atoms with Gasteiger partial charge in [-0.15, -0.1) is 11.8 Å². The minimum atomic E-state index is -0.184. The minimum absolute atomic E-state index is 0.184. The fourth-order valence-corrected chi connectivity index (χ4v) is 2.73. The first kappa shape index (κ1) is 16.3. The normalized spacial score (nSPS) is 10.8. The van der Waals surface area contributed by atoms with Crippen molar-refractivity contribution >= 4 is 29.3 Å². The zero-order chi connectivity index (χ0) is 14.3. The number of methoxy groups -OCH3 is 1. The quantitative estimate of drug-likeness (QED) is 0.618. The van der Waals surface area contributed by atoms with Crippen LogP contribution in [0.1, 0.15) is 25.8 Å². The van der Waals surface area contributed by atoms with E-state index in [-0.39, 0.29) is 5.97 Å². The second-order valence-corrected chi connectivity index (χ2v) is 6.04. The molecule has 1 N–H and O–H groups in total. The van der Waals surface area contributed by atoms with Crippen LogP contribution in [0.15, 0.2) is 23.1 Å². The number of carbonyl (C=O) groups excluding carboxylic acids is 1. The number of esters is 1. The molecule has 0 aliphatic carbocycles. The van der Waals surface area contributed by atoms with E-state index in [1.807, 2.05) is 18.2 Å². The lowest BCUT2D eigenvalue weighted by Crippen LogP contribution is -2.22. The van der Waals surface area contributed by atoms with E-state index in [1.165, 1.54) is 12.7 Å². The Balaban J connectivity index is 2.63. The van der Waals surface area contributed by atoms with Gasteiger partial charge < -0.3 is 10.1 Å². The van der Waals surface area contributed by atoms with E-state index in [9.17, 15) is 4.79 Å². The van der Waals surface area contributed by atoms with Crippen LogP contribution in [0.25, 0.3) is 0 Å². The van der Waals surface area contributed by atoms with Crippen molar-refractivity contribution in [1.29, 1.82) is 0 Å². The van der Waals surface area contributed by atoms with Crippen molar-refractivity contribution in [2.45, 2.75) is 37.8 Å². The summed E-state index contributed by atoms with van der Waals surface area (Å²) >= 11 is 7.65. The molecule has 1 rings (SSSR count). The van der Waals surface area contributed by atoms with Crippen LogP contribution in [0, 0.1) is 0 Å². The predicted molar refractivity (Wildman–Crippen MR) is 80.8 cm³/mol. The molecule has 0 radical (unpaired) electrons. The van der Waals surface area contributed by atoms with E-state index in [0.717, 1.165) is 11.4 Å². The van der Waals surface area contributed by atoms with E-state index in [2.05, 4.69) is 23.9 Å². The summed E-state index contributed by atoms with van der Waals surface area (Å²) in [6, 6.07) is 6.30. The smallest absolute Gasteiger partial charge is 0.306 e. The molecule has 3 nitrogen and oxygen atoms in total. The topological polar surface area (TPSA) is 38.3 Å². The van der Waals surface area contributed by atoms with Gasteiger partial charge in [-0.1, -0.05) is 31.5 Å². The van der Waals surface area contributed by atoms with Gasteiger partial charge >= 0.3 is 5.97 Å². The summed E-state index contributed by atoms with van der Waals surface area (Å²) in [6.07, 6.45) is 0.407. The molecule has 0 saturated heterocycles. The third-order valence-corrected chi connectivity index (χ3v) is 3.86. The van der Waals surface area contributed by atoms with Crippen LogP contribution in [0.2, 0.25) is 5.02 Å². The summed E-state index contributed by atoms with van der Waals surface area (Å²) < 4.78 is 4.63. The number of halogens is 1. The Morgan fingerprint density at radius 1 is 1.47 bits per heavy atom. The van der Waals surface area contributed by atoms with Gasteiger partial charge in [0.05, 0.1) is 13.5 Å². The van der Waals surface area contributed by atoms with Crippen LogP contribution in [0.3, 0.4) is 0 Å². The standard InChI is InChI=1S/C14H20ClNO2S/c1-10(2)16-9-11-4-5-12(15)8-13(11)19-7-6-14(17)18-3/h4-5,8,10,16H,6-7,9H2,1-3H3. The first-order valence-electron chi connectivity index (χ1n) is 6.24. The van der Waals surface area contributed by atoms with Crippen LogP contribution in [0.5, 0.6) is 0 Å². The highest BCUT2D eigenvalue weighted by atomic mass is 35.5. The van der Waals surface area contributed by atoms with Crippen molar-refractivity contribution < 1.29 is 9.53 Å². The van der Waals surface area contributed by atoms with Crippen LogP contribution >= 0.6 is 23.4 Å². The van der Waals surface area contributed by atoms with Crippen molar-refractivity contribution in [2.75, 3.05) is 12.9 Å². The Labute approximate surface area is 124 Å². The SMILES string of the molecule is COC(=O)CCSc1cc(Cl)ccc1CNC(C)C. The van der Waals surface area contributed by atoms with Gasteiger partial charge in [0.25, 0.3) is 0 Å². The molecule has 0 bridgehead atoms. The Hall–Kier alpha value is -0.710. The maximum Gasteiger partial charge on any atom is 0.306 e. The van der Waals surface area contributed by atoms with Crippen LogP contribution in [0.4, 0.5) is 0 Å². The summed E-state index contributed by atoms with van der Waals surface area (Å²) in [4.78, 5) is 12.2. The highest BCUT2D eigenvalue weighted by Gasteiger charge is 2.07. The van der Waals surface area contributed by atoms with Crippen molar-refractivity contribution in [3.63, 3.8) is 0 Å². The first-order chi connectivity index (χ1) is 9.02. The van der Waals surface area contributed by atoms with Gasteiger partial charge in [-0.3, -0.25) is 4.79 Å². The van der Waals surface area contributed by atoms with E-state index in [1.54, 1.807) is 11.8 Å². The number of hydrogen-bond acceptors (Lipinski definition) is 4. The zero-order valence-corrected chi connectivity index (χ0v) is 13.1. The van der Waals surface area contributed by atoms with Gasteiger partial charge in [0, 0.05) is 28.3 Å². The summed E-state index contributed by atoms with van der Waals surface area (Å²) in [5, 5.41) is 4.10. The fourth-order valence-electron chi connectivity index (χ4n) is 1.47. The number of benzene rings is 1. The Morgan fingerprint density at radius 3 is 2.84 bits per heavy atom. The van der Waals surface area contributed by atoms with E-state index in [0.29, 0.717) is 23.2 Å². The second kappa shape index (κ2) is 8.46. The van der Waals surface area contributed by atoms with Gasteiger partial charge in [-0.2, -0.15) is 0 Å². The Kier molecular flexibility index (Phi) is 7.28. The molecule has 0 amide bonds. The van der Waals surface area contributed by atoms with Gasteiger partial charge in [-0.25, -0.2) is 0 Å². The van der Waals surface area contributed by atoms with E-state index in [4.69, 9.17) is 11.6 Å². The van der Waals surface area contributed by atoms with Gasteiger partial charge in [-0.05, 0) is 17.7 Å². The van der Waals surface area contributed by atoms with Crippen LogP contribution < -0.4 is 5.32 Å². The lowest BCUT2D eigenvalue weighted by Gasteiger charge is -2.12. The molecule has 0 aromatic heterocycles. The highest BCUT2D eigenvalue weighted by Crippen LogP contribution is 2.27. The molecule has 19 heavy (non-hydrogen) atoms. The molecule has 0 atom stereocenters. The van der Waals surface area contributed by atoms with E-state index >= 15 is 0 Å². The molecule has 0 aliphatic heterocycles. The lowest BCUT2D eigenvalue weighted by atomic mass is 10.2. The fraction of sp³-hybridized carbons (Fsp3) is 0.500. The predicted octanol–water partition coefficient (Wildman–Crippen LogP) is 3.49. The average molecular weight is 302 g/mol. The largest absolute Gasteiger partial charge is 0.469 e. The van der Waals surface area contributed by atoms with Crippen molar-refractivity contribution in [2.24, 2.45) is 0 Å². The van der Waals surface area contributed by atoms with Crippen LogP contribution in [-0.2, 0) is 16.1 Å². The molecule has 5 heteroatoms. The molecule has 0 aliphatic rings. The second-order valence-electron chi connectivity index (χ2n) is 4.46. The summed E-state index contributed by atoms with van der Waals surface area (Å²) in [5.74, 6) is 0.512. The highest BCUT2D eigenvalue weighted by molar-refractivity contribution is 7.99. The molecular weight excluding hydrogens is 282 g/mol. The molecule has 106 valence electrons. The molecule has 0 heterocycles. The monoisotopic (exact) mass is 301 g/mol. The first-order valence-corrected chi connectivity index (χ1v) is 7.60. The molecular formula is C14H20ClNO2S. The van der Waals surface area contributed by atoms with Gasteiger partial charge in [0.15, 0.2) is 0 Å². The molecule has 0 spiro atoms. The number of nitrogens with one attached hydrogen (secondary N) is 1. The summed E-state index contributed by atoms with van der Waals surface area (Å²) in [7, 11) is 1.41. The van der Waals surface area contributed by atoms with Crippen molar-refractivity contribution in [3.05, 3.63) is 28.8 Å².